The number of nitrogens with zero attached hydrogens (tertiary/aromatic N) is 3. The Morgan fingerprint density at radius 2 is 1.83 bits per heavy atom. The molecule has 0 aliphatic heterocycles. The minimum atomic E-state index is -0.0526. The molecule has 0 radical (unpaired) electrons. The van der Waals surface area contributed by atoms with E-state index in [1.165, 1.54) is 11.8 Å². The van der Waals surface area contributed by atoms with Gasteiger partial charge in [-0.2, -0.15) is 0 Å². The highest BCUT2D eigenvalue weighted by Crippen LogP contribution is 2.23. The maximum atomic E-state index is 12.4. The normalized spacial score (nSPS) is 20.4. The Hall–Kier alpha value is -2.15. The monoisotopic (exact) mass is 344 g/mol. The Balaban J connectivity index is 1.51. The molecule has 0 spiro atoms. The summed E-state index contributed by atoms with van der Waals surface area (Å²) in [6.45, 7) is 0. The zero-order chi connectivity index (χ0) is 16.8. The Morgan fingerprint density at radius 1 is 1.12 bits per heavy atom. The second kappa shape index (κ2) is 8.10. The summed E-state index contributed by atoms with van der Waals surface area (Å²) in [7, 11) is 0. The summed E-state index contributed by atoms with van der Waals surface area (Å²) in [5.41, 5.74) is 0.640. The van der Waals surface area contributed by atoms with E-state index in [0.717, 1.165) is 30.7 Å². The highest BCUT2D eigenvalue weighted by Gasteiger charge is 2.25. The summed E-state index contributed by atoms with van der Waals surface area (Å²) in [4.78, 5) is 24.9. The number of ether oxygens (including phenoxy) is 1. The molecular formula is C17H20N4O2S. The molecule has 6 nitrogen and oxygen atoms in total. The van der Waals surface area contributed by atoms with Crippen LogP contribution in [-0.2, 0) is 0 Å². The highest BCUT2D eigenvalue weighted by molar-refractivity contribution is 7.98. The number of carbonyl (C=O) groups is 1. The molecule has 1 saturated carbocycles. The molecule has 24 heavy (non-hydrogen) atoms. The molecule has 1 N–H and O–H groups in total. The van der Waals surface area contributed by atoms with Crippen molar-refractivity contribution in [2.45, 2.75) is 42.9 Å². The van der Waals surface area contributed by atoms with Gasteiger partial charge in [-0.05, 0) is 50.1 Å². The predicted molar refractivity (Wildman–Crippen MR) is 92.2 cm³/mol. The lowest BCUT2D eigenvalue weighted by molar-refractivity contribution is 0.0881. The summed E-state index contributed by atoms with van der Waals surface area (Å²) >= 11 is 1.48. The van der Waals surface area contributed by atoms with E-state index in [4.69, 9.17) is 4.74 Å². The maximum Gasteiger partial charge on any atom is 0.316 e. The first-order valence-electron chi connectivity index (χ1n) is 8.00. The molecule has 0 aromatic carbocycles. The molecule has 7 heteroatoms. The standard InChI is InChI=1S/C17H20N4O2S/c1-24-16-14(4-2-9-18-16)15(22)21-12-5-7-13(8-6-12)23-17-19-10-3-11-20-17/h2-4,9-13H,5-8H2,1H3,(H,21,22). The minimum absolute atomic E-state index is 0.0526. The van der Waals surface area contributed by atoms with Crippen LogP contribution in [0.4, 0.5) is 0 Å². The van der Waals surface area contributed by atoms with Crippen LogP contribution in [0.3, 0.4) is 0 Å². The van der Waals surface area contributed by atoms with Gasteiger partial charge in [0.05, 0.1) is 5.56 Å². The van der Waals surface area contributed by atoms with Crippen molar-refractivity contribution in [1.29, 1.82) is 0 Å². The van der Waals surface area contributed by atoms with Crippen molar-refractivity contribution in [2.24, 2.45) is 0 Å². The van der Waals surface area contributed by atoms with Gasteiger partial charge in [0.25, 0.3) is 5.91 Å². The fraction of sp³-hybridized carbons (Fsp3) is 0.412. The Kier molecular flexibility index (Phi) is 5.63. The first-order valence-corrected chi connectivity index (χ1v) is 9.22. The summed E-state index contributed by atoms with van der Waals surface area (Å²) in [5.74, 6) is -0.0526. The van der Waals surface area contributed by atoms with Crippen LogP contribution in [0.25, 0.3) is 0 Å². The predicted octanol–water partition coefficient (Wildman–Crippen LogP) is 2.71. The zero-order valence-electron chi connectivity index (χ0n) is 13.5. The molecule has 1 aliphatic rings. The molecule has 0 atom stereocenters. The quantitative estimate of drug-likeness (QED) is 0.841. The molecule has 1 amide bonds. The third-order valence-electron chi connectivity index (χ3n) is 4.03. The molecule has 2 aromatic rings. The molecule has 2 heterocycles. The number of aromatic nitrogens is 3. The molecular weight excluding hydrogens is 324 g/mol. The molecule has 126 valence electrons. The molecule has 1 fully saturated rings. The summed E-state index contributed by atoms with van der Waals surface area (Å²) in [6.07, 6.45) is 10.6. The van der Waals surface area contributed by atoms with Crippen LogP contribution in [0.5, 0.6) is 6.01 Å². The summed E-state index contributed by atoms with van der Waals surface area (Å²) < 4.78 is 5.78. The summed E-state index contributed by atoms with van der Waals surface area (Å²) in [5, 5.41) is 3.87. The van der Waals surface area contributed by atoms with Gasteiger partial charge in [0.2, 0.25) is 0 Å². The topological polar surface area (TPSA) is 77.0 Å². The van der Waals surface area contributed by atoms with Crippen molar-refractivity contribution < 1.29 is 9.53 Å². The highest BCUT2D eigenvalue weighted by atomic mass is 32.2. The zero-order valence-corrected chi connectivity index (χ0v) is 14.3. The van der Waals surface area contributed by atoms with Crippen molar-refractivity contribution >= 4 is 17.7 Å². The van der Waals surface area contributed by atoms with Gasteiger partial charge >= 0.3 is 6.01 Å². The van der Waals surface area contributed by atoms with E-state index in [9.17, 15) is 4.79 Å². The van der Waals surface area contributed by atoms with Gasteiger partial charge in [-0.15, -0.1) is 11.8 Å². The van der Waals surface area contributed by atoms with Gasteiger partial charge in [0.1, 0.15) is 11.1 Å². The van der Waals surface area contributed by atoms with Crippen molar-refractivity contribution in [1.82, 2.24) is 20.3 Å². The minimum Gasteiger partial charge on any atom is -0.460 e. The van der Waals surface area contributed by atoms with Crippen LogP contribution in [-0.4, -0.2) is 39.3 Å². The van der Waals surface area contributed by atoms with Gasteiger partial charge in [0.15, 0.2) is 0 Å². The van der Waals surface area contributed by atoms with Gasteiger partial charge in [-0.1, -0.05) is 0 Å². The van der Waals surface area contributed by atoms with E-state index in [0.29, 0.717) is 11.6 Å². The van der Waals surface area contributed by atoms with E-state index in [1.54, 1.807) is 30.7 Å². The van der Waals surface area contributed by atoms with E-state index in [2.05, 4.69) is 20.3 Å². The lowest BCUT2D eigenvalue weighted by Crippen LogP contribution is -2.40. The van der Waals surface area contributed by atoms with Crippen LogP contribution in [0, 0.1) is 0 Å². The van der Waals surface area contributed by atoms with Gasteiger partial charge in [-0.25, -0.2) is 15.0 Å². The van der Waals surface area contributed by atoms with Crippen molar-refractivity contribution in [3.8, 4) is 6.01 Å². The van der Waals surface area contributed by atoms with Gasteiger partial charge < -0.3 is 10.1 Å². The van der Waals surface area contributed by atoms with Crippen LogP contribution in [0.2, 0.25) is 0 Å². The second-order valence-corrected chi connectivity index (χ2v) is 6.45. The Morgan fingerprint density at radius 3 is 2.54 bits per heavy atom. The number of thioether (sulfide) groups is 1. The molecule has 2 aromatic heterocycles. The van der Waals surface area contributed by atoms with Gasteiger partial charge in [-0.3, -0.25) is 4.79 Å². The number of hydrogen-bond acceptors (Lipinski definition) is 6. The fourth-order valence-electron chi connectivity index (χ4n) is 2.81. The number of nitrogens with one attached hydrogen (secondary N) is 1. The van der Waals surface area contributed by atoms with Crippen molar-refractivity contribution in [2.75, 3.05) is 6.26 Å². The van der Waals surface area contributed by atoms with E-state index in [-0.39, 0.29) is 18.1 Å². The average molecular weight is 344 g/mol. The number of rotatable bonds is 5. The molecule has 0 saturated heterocycles. The first-order chi connectivity index (χ1) is 11.8. The average Bonchev–Trinajstić information content (AvgIpc) is 2.64. The number of pyridine rings is 1. The lowest BCUT2D eigenvalue weighted by Gasteiger charge is -2.28. The number of hydrogen-bond donors (Lipinski definition) is 1. The SMILES string of the molecule is CSc1ncccc1C(=O)NC1CCC(Oc2ncccn2)CC1. The van der Waals surface area contributed by atoms with Crippen LogP contribution in [0.15, 0.2) is 41.8 Å². The van der Waals surface area contributed by atoms with Crippen molar-refractivity contribution in [3.63, 3.8) is 0 Å². The third-order valence-corrected chi connectivity index (χ3v) is 4.74. The first kappa shape index (κ1) is 16.7. The Bertz CT molecular complexity index is 675. The second-order valence-electron chi connectivity index (χ2n) is 5.66. The van der Waals surface area contributed by atoms with E-state index >= 15 is 0 Å². The maximum absolute atomic E-state index is 12.4. The third kappa shape index (κ3) is 4.23. The number of amides is 1. The van der Waals surface area contributed by atoms with Crippen molar-refractivity contribution in [3.05, 3.63) is 42.4 Å². The molecule has 0 unspecified atom stereocenters. The fourth-order valence-corrected chi connectivity index (χ4v) is 3.36. The van der Waals surface area contributed by atoms with Crippen LogP contribution >= 0.6 is 11.8 Å². The van der Waals surface area contributed by atoms with Gasteiger partial charge in [0, 0.05) is 24.6 Å². The lowest BCUT2D eigenvalue weighted by atomic mass is 9.93. The van der Waals surface area contributed by atoms with E-state index in [1.807, 2.05) is 12.3 Å². The molecule has 3 rings (SSSR count). The largest absolute Gasteiger partial charge is 0.460 e. The smallest absolute Gasteiger partial charge is 0.316 e. The molecule has 1 aliphatic carbocycles. The summed E-state index contributed by atoms with van der Waals surface area (Å²) in [6, 6.07) is 5.96. The number of carbonyl (C=O) groups excluding carboxylic acids is 1. The van der Waals surface area contributed by atoms with E-state index < -0.39 is 0 Å². The van der Waals surface area contributed by atoms with Crippen LogP contribution in [0.1, 0.15) is 36.0 Å². The Labute approximate surface area is 145 Å². The molecule has 0 bridgehead atoms. The van der Waals surface area contributed by atoms with Crippen LogP contribution < -0.4 is 10.1 Å².